The standard InChI is InChI=1S/C23H27N3O5S2/c1-6-13-26-18-14-19(30-4)20(31-5)15-21(18)32-23(26)24-22(27)16-9-11-17(12-10-16)33(28,29)25(7-2)8-3/h6,9-12,14-15H,1,7-8,13H2,2-5H3. The minimum atomic E-state index is -3.59. The largest absolute Gasteiger partial charge is 0.493 e. The molecule has 8 nitrogen and oxygen atoms in total. The van der Waals surface area contributed by atoms with E-state index in [4.69, 9.17) is 9.47 Å². The highest BCUT2D eigenvalue weighted by Crippen LogP contribution is 2.33. The summed E-state index contributed by atoms with van der Waals surface area (Å²) in [5, 5.41) is 0. The summed E-state index contributed by atoms with van der Waals surface area (Å²) in [5.41, 5.74) is 1.14. The number of carbonyl (C=O) groups is 1. The maximum absolute atomic E-state index is 12.9. The van der Waals surface area contributed by atoms with Gasteiger partial charge in [0.1, 0.15) is 0 Å². The summed E-state index contributed by atoms with van der Waals surface area (Å²) in [4.78, 5) is 17.8. The molecule has 1 amide bonds. The molecule has 0 saturated heterocycles. The van der Waals surface area contributed by atoms with Gasteiger partial charge < -0.3 is 14.0 Å². The van der Waals surface area contributed by atoms with Crippen LogP contribution in [0.15, 0.2) is 58.9 Å². The zero-order valence-corrected chi connectivity index (χ0v) is 20.7. The van der Waals surface area contributed by atoms with Gasteiger partial charge in [0.2, 0.25) is 10.0 Å². The molecule has 2 aromatic carbocycles. The lowest BCUT2D eigenvalue weighted by molar-refractivity contribution is 0.0997. The Morgan fingerprint density at radius 3 is 2.27 bits per heavy atom. The van der Waals surface area contributed by atoms with Gasteiger partial charge in [0, 0.05) is 37.3 Å². The quantitative estimate of drug-likeness (QED) is 0.428. The number of methoxy groups -OCH3 is 2. The molecule has 1 heterocycles. The van der Waals surface area contributed by atoms with Crippen molar-refractivity contribution in [3.05, 3.63) is 59.4 Å². The number of fused-ring (bicyclic) bond motifs is 1. The van der Waals surface area contributed by atoms with Crippen molar-refractivity contribution in [3.63, 3.8) is 0 Å². The molecule has 176 valence electrons. The first-order chi connectivity index (χ1) is 15.8. The summed E-state index contributed by atoms with van der Waals surface area (Å²) >= 11 is 1.34. The SMILES string of the molecule is C=CCn1c(=NC(=O)c2ccc(S(=O)(=O)N(CC)CC)cc2)sc2cc(OC)c(OC)cc21. The zero-order chi connectivity index (χ0) is 24.2. The van der Waals surface area contributed by atoms with Crippen molar-refractivity contribution in [1.82, 2.24) is 8.87 Å². The van der Waals surface area contributed by atoms with Crippen LogP contribution in [-0.2, 0) is 16.6 Å². The minimum Gasteiger partial charge on any atom is -0.493 e. The van der Waals surface area contributed by atoms with Crippen molar-refractivity contribution < 1.29 is 22.7 Å². The molecule has 3 aromatic rings. The van der Waals surface area contributed by atoms with Crippen LogP contribution in [0.25, 0.3) is 10.2 Å². The van der Waals surface area contributed by atoms with E-state index in [1.807, 2.05) is 16.7 Å². The van der Waals surface area contributed by atoms with Gasteiger partial charge in [-0.2, -0.15) is 9.30 Å². The van der Waals surface area contributed by atoms with E-state index in [9.17, 15) is 13.2 Å². The second-order valence-electron chi connectivity index (χ2n) is 6.99. The van der Waals surface area contributed by atoms with Crippen LogP contribution in [0.2, 0.25) is 0 Å². The van der Waals surface area contributed by atoms with Crippen molar-refractivity contribution in [2.24, 2.45) is 4.99 Å². The van der Waals surface area contributed by atoms with Crippen molar-refractivity contribution in [3.8, 4) is 11.5 Å². The van der Waals surface area contributed by atoms with Gasteiger partial charge in [-0.25, -0.2) is 8.42 Å². The predicted octanol–water partition coefficient (Wildman–Crippen LogP) is 3.68. The summed E-state index contributed by atoms with van der Waals surface area (Å²) < 4.78 is 40.2. The normalized spacial score (nSPS) is 12.3. The van der Waals surface area contributed by atoms with Gasteiger partial charge in [-0.3, -0.25) is 4.79 Å². The van der Waals surface area contributed by atoms with Crippen LogP contribution < -0.4 is 14.3 Å². The first kappa shape index (κ1) is 24.7. The molecule has 10 heteroatoms. The fourth-order valence-corrected chi connectivity index (χ4v) is 5.93. The van der Waals surface area contributed by atoms with Gasteiger partial charge in [-0.05, 0) is 24.3 Å². The lowest BCUT2D eigenvalue weighted by Gasteiger charge is -2.18. The molecule has 0 aliphatic heterocycles. The molecule has 0 spiro atoms. The molecular formula is C23H27N3O5S2. The smallest absolute Gasteiger partial charge is 0.279 e. The van der Waals surface area contributed by atoms with Gasteiger partial charge in [-0.1, -0.05) is 31.3 Å². The van der Waals surface area contributed by atoms with E-state index in [0.29, 0.717) is 41.5 Å². The molecule has 33 heavy (non-hydrogen) atoms. The number of hydrogen-bond donors (Lipinski definition) is 0. The lowest BCUT2D eigenvalue weighted by atomic mass is 10.2. The highest BCUT2D eigenvalue weighted by molar-refractivity contribution is 7.89. The minimum absolute atomic E-state index is 0.144. The van der Waals surface area contributed by atoms with Gasteiger partial charge in [0.05, 0.1) is 29.3 Å². The number of amides is 1. The van der Waals surface area contributed by atoms with Crippen molar-refractivity contribution in [1.29, 1.82) is 0 Å². The number of allylic oxidation sites excluding steroid dienone is 1. The maximum atomic E-state index is 12.9. The molecule has 0 unspecified atom stereocenters. The zero-order valence-electron chi connectivity index (χ0n) is 19.1. The number of aromatic nitrogens is 1. The monoisotopic (exact) mass is 489 g/mol. The third kappa shape index (κ3) is 4.87. The van der Waals surface area contributed by atoms with E-state index in [1.165, 1.54) is 39.9 Å². The number of carbonyl (C=O) groups excluding carboxylic acids is 1. The Labute approximate surface area is 197 Å². The predicted molar refractivity (Wildman–Crippen MR) is 130 cm³/mol. The summed E-state index contributed by atoms with van der Waals surface area (Å²) in [7, 11) is -0.467. The Balaban J connectivity index is 2.04. The molecule has 0 fully saturated rings. The van der Waals surface area contributed by atoms with E-state index >= 15 is 0 Å². The molecule has 0 radical (unpaired) electrons. The number of hydrogen-bond acceptors (Lipinski definition) is 6. The van der Waals surface area contributed by atoms with E-state index in [2.05, 4.69) is 11.6 Å². The Bertz CT molecular complexity index is 1330. The third-order valence-electron chi connectivity index (χ3n) is 5.14. The van der Waals surface area contributed by atoms with E-state index in [0.717, 1.165) is 10.2 Å². The molecule has 0 bridgehead atoms. The Kier molecular flexibility index (Phi) is 7.72. The first-order valence-electron chi connectivity index (χ1n) is 10.4. The van der Waals surface area contributed by atoms with Gasteiger partial charge in [-0.15, -0.1) is 6.58 Å². The highest BCUT2D eigenvalue weighted by Gasteiger charge is 2.21. The summed E-state index contributed by atoms with van der Waals surface area (Å²) in [6.45, 7) is 8.56. The average Bonchev–Trinajstić information content (AvgIpc) is 3.14. The van der Waals surface area contributed by atoms with Crippen LogP contribution in [0.3, 0.4) is 0 Å². The highest BCUT2D eigenvalue weighted by atomic mass is 32.2. The second-order valence-corrected chi connectivity index (χ2v) is 9.94. The number of ether oxygens (including phenoxy) is 2. The number of thiazole rings is 1. The number of nitrogens with zero attached hydrogens (tertiary/aromatic N) is 3. The van der Waals surface area contributed by atoms with Crippen LogP contribution in [0.4, 0.5) is 0 Å². The number of rotatable bonds is 9. The Morgan fingerprint density at radius 2 is 1.73 bits per heavy atom. The van der Waals surface area contributed by atoms with Crippen LogP contribution in [0.1, 0.15) is 24.2 Å². The summed E-state index contributed by atoms with van der Waals surface area (Å²) in [5.74, 6) is 0.688. The van der Waals surface area contributed by atoms with E-state index in [-0.39, 0.29) is 4.90 Å². The molecule has 0 aliphatic carbocycles. The van der Waals surface area contributed by atoms with Gasteiger partial charge >= 0.3 is 0 Å². The van der Waals surface area contributed by atoms with Crippen LogP contribution >= 0.6 is 11.3 Å². The van der Waals surface area contributed by atoms with Crippen molar-refractivity contribution in [2.75, 3.05) is 27.3 Å². The molecule has 1 aromatic heterocycles. The van der Waals surface area contributed by atoms with Gasteiger partial charge in [0.15, 0.2) is 16.3 Å². The number of sulfonamides is 1. The van der Waals surface area contributed by atoms with Crippen molar-refractivity contribution in [2.45, 2.75) is 25.3 Å². The maximum Gasteiger partial charge on any atom is 0.279 e. The average molecular weight is 490 g/mol. The Morgan fingerprint density at radius 1 is 1.12 bits per heavy atom. The molecule has 0 atom stereocenters. The molecule has 0 N–H and O–H groups in total. The fraction of sp³-hybridized carbons (Fsp3) is 0.304. The topological polar surface area (TPSA) is 90.2 Å². The molecular weight excluding hydrogens is 462 g/mol. The van der Waals surface area contributed by atoms with Crippen LogP contribution in [0, 0.1) is 0 Å². The van der Waals surface area contributed by atoms with Crippen LogP contribution in [-0.4, -0.2) is 50.5 Å². The third-order valence-corrected chi connectivity index (χ3v) is 8.25. The first-order valence-corrected chi connectivity index (χ1v) is 12.6. The summed E-state index contributed by atoms with van der Waals surface area (Å²) in [6, 6.07) is 9.53. The second kappa shape index (κ2) is 10.3. The van der Waals surface area contributed by atoms with Crippen molar-refractivity contribution >= 4 is 37.5 Å². The number of benzene rings is 2. The van der Waals surface area contributed by atoms with E-state index < -0.39 is 15.9 Å². The Hall–Kier alpha value is -2.95. The van der Waals surface area contributed by atoms with E-state index in [1.54, 1.807) is 34.1 Å². The molecule has 0 saturated carbocycles. The molecule has 0 aliphatic rings. The van der Waals surface area contributed by atoms with Gasteiger partial charge in [0.25, 0.3) is 5.91 Å². The molecule has 3 rings (SSSR count). The summed E-state index contributed by atoms with van der Waals surface area (Å²) in [6.07, 6.45) is 1.72. The fourth-order valence-electron chi connectivity index (χ4n) is 3.42. The lowest BCUT2D eigenvalue weighted by Crippen LogP contribution is -2.30. The van der Waals surface area contributed by atoms with Crippen LogP contribution in [0.5, 0.6) is 11.5 Å².